The summed E-state index contributed by atoms with van der Waals surface area (Å²) in [5, 5.41) is 8.41. The molecule has 6 heteroatoms. The Labute approximate surface area is 109 Å². The molecule has 0 radical (unpaired) electrons. The minimum atomic E-state index is 0.157. The van der Waals surface area contributed by atoms with Gasteiger partial charge in [0.15, 0.2) is 0 Å². The summed E-state index contributed by atoms with van der Waals surface area (Å²) in [4.78, 5) is 1.17. The van der Waals surface area contributed by atoms with E-state index in [-0.39, 0.29) is 6.04 Å². The largest absolute Gasteiger partial charge is 0.271 e. The van der Waals surface area contributed by atoms with Gasteiger partial charge in [-0.1, -0.05) is 11.4 Å². The molecular weight excluding hydrogens is 252 g/mol. The SMILES string of the molecule is CCc1nnsc1C(CCc1ccsc1)NN. The monoisotopic (exact) mass is 268 g/mol. The summed E-state index contributed by atoms with van der Waals surface area (Å²) in [5.41, 5.74) is 5.30. The van der Waals surface area contributed by atoms with Crippen molar-refractivity contribution in [2.75, 3.05) is 0 Å². The topological polar surface area (TPSA) is 63.8 Å². The van der Waals surface area contributed by atoms with Crippen molar-refractivity contribution in [3.05, 3.63) is 33.0 Å². The van der Waals surface area contributed by atoms with Gasteiger partial charge in [-0.25, -0.2) is 0 Å². The molecule has 1 unspecified atom stereocenters. The second kappa shape index (κ2) is 6.20. The van der Waals surface area contributed by atoms with Crippen LogP contribution in [0.25, 0.3) is 0 Å². The van der Waals surface area contributed by atoms with E-state index in [1.807, 2.05) is 0 Å². The van der Waals surface area contributed by atoms with Gasteiger partial charge in [-0.05, 0) is 53.2 Å². The van der Waals surface area contributed by atoms with Gasteiger partial charge in [-0.2, -0.15) is 11.3 Å². The number of aryl methyl sites for hydroxylation is 2. The zero-order chi connectivity index (χ0) is 12.1. The molecule has 2 rings (SSSR count). The van der Waals surface area contributed by atoms with Crippen LogP contribution in [0.4, 0.5) is 0 Å². The Balaban J connectivity index is 2.01. The molecular formula is C11H16N4S2. The third-order valence-corrected chi connectivity index (χ3v) is 4.35. The first kappa shape index (κ1) is 12.6. The maximum Gasteiger partial charge on any atom is 0.0801 e. The van der Waals surface area contributed by atoms with Crippen molar-refractivity contribution in [3.8, 4) is 0 Å². The number of thiophene rings is 1. The molecule has 1 atom stereocenters. The highest BCUT2D eigenvalue weighted by atomic mass is 32.1. The second-order valence-electron chi connectivity index (χ2n) is 3.83. The molecule has 0 aliphatic heterocycles. The number of nitrogens with one attached hydrogen (secondary N) is 1. The van der Waals surface area contributed by atoms with E-state index in [9.17, 15) is 0 Å². The van der Waals surface area contributed by atoms with Crippen molar-refractivity contribution in [2.45, 2.75) is 32.2 Å². The standard InChI is InChI=1S/C11H16N4S2/c1-2-9-11(17-15-14-9)10(13-12)4-3-8-5-6-16-7-8/h5-7,10,13H,2-4,12H2,1H3. The molecule has 0 aliphatic carbocycles. The minimum absolute atomic E-state index is 0.157. The van der Waals surface area contributed by atoms with Crippen LogP contribution >= 0.6 is 22.9 Å². The van der Waals surface area contributed by atoms with Crippen molar-refractivity contribution in [3.63, 3.8) is 0 Å². The van der Waals surface area contributed by atoms with Crippen LogP contribution in [0.1, 0.15) is 35.5 Å². The zero-order valence-electron chi connectivity index (χ0n) is 9.72. The molecule has 0 aromatic carbocycles. The number of rotatable bonds is 6. The third kappa shape index (κ3) is 3.10. The molecule has 0 saturated carbocycles. The van der Waals surface area contributed by atoms with E-state index in [1.165, 1.54) is 22.0 Å². The normalized spacial score (nSPS) is 12.8. The van der Waals surface area contributed by atoms with Crippen LogP contribution in [-0.4, -0.2) is 9.59 Å². The summed E-state index contributed by atoms with van der Waals surface area (Å²) in [5.74, 6) is 5.63. The van der Waals surface area contributed by atoms with Crippen molar-refractivity contribution in [2.24, 2.45) is 5.84 Å². The van der Waals surface area contributed by atoms with Crippen molar-refractivity contribution >= 4 is 22.9 Å². The fourth-order valence-corrected chi connectivity index (χ4v) is 3.30. The molecule has 0 aliphatic rings. The molecule has 0 fully saturated rings. The maximum absolute atomic E-state index is 5.63. The Morgan fingerprint density at radius 1 is 1.53 bits per heavy atom. The highest BCUT2D eigenvalue weighted by Crippen LogP contribution is 2.24. The predicted molar refractivity (Wildman–Crippen MR) is 72.0 cm³/mol. The molecule has 0 saturated heterocycles. The average molecular weight is 268 g/mol. The van der Waals surface area contributed by atoms with E-state index in [0.717, 1.165) is 25.0 Å². The quantitative estimate of drug-likeness (QED) is 0.623. The molecule has 2 aromatic rings. The van der Waals surface area contributed by atoms with Gasteiger partial charge >= 0.3 is 0 Å². The summed E-state index contributed by atoms with van der Waals surface area (Å²) >= 11 is 3.17. The van der Waals surface area contributed by atoms with Crippen molar-refractivity contribution < 1.29 is 0 Å². The van der Waals surface area contributed by atoms with Crippen LogP contribution in [0.15, 0.2) is 16.8 Å². The van der Waals surface area contributed by atoms with E-state index >= 15 is 0 Å². The number of hydrazine groups is 1. The highest BCUT2D eigenvalue weighted by molar-refractivity contribution is 7.08. The fraction of sp³-hybridized carbons (Fsp3) is 0.455. The Hall–Kier alpha value is -0.820. The molecule has 2 heterocycles. The van der Waals surface area contributed by atoms with Crippen molar-refractivity contribution in [1.29, 1.82) is 0 Å². The Morgan fingerprint density at radius 3 is 3.06 bits per heavy atom. The van der Waals surface area contributed by atoms with Crippen molar-refractivity contribution in [1.82, 2.24) is 15.0 Å². The molecule has 3 N–H and O–H groups in total. The molecule has 92 valence electrons. The smallest absolute Gasteiger partial charge is 0.0801 e. The lowest BCUT2D eigenvalue weighted by Crippen LogP contribution is -2.28. The van der Waals surface area contributed by atoms with E-state index in [4.69, 9.17) is 5.84 Å². The van der Waals surface area contributed by atoms with Gasteiger partial charge in [0.1, 0.15) is 0 Å². The van der Waals surface area contributed by atoms with Gasteiger partial charge in [0, 0.05) is 0 Å². The molecule has 2 aromatic heterocycles. The number of aromatic nitrogens is 2. The van der Waals surface area contributed by atoms with Crippen LogP contribution in [0.5, 0.6) is 0 Å². The Kier molecular flexibility index (Phi) is 4.61. The van der Waals surface area contributed by atoms with Crippen LogP contribution < -0.4 is 11.3 Å². The first-order valence-corrected chi connectivity index (χ1v) is 7.35. The van der Waals surface area contributed by atoms with E-state index in [2.05, 4.69) is 38.8 Å². The Bertz CT molecular complexity index is 438. The van der Waals surface area contributed by atoms with Gasteiger partial charge < -0.3 is 0 Å². The summed E-state index contributed by atoms with van der Waals surface area (Å²) in [6.45, 7) is 2.09. The van der Waals surface area contributed by atoms with E-state index in [1.54, 1.807) is 11.3 Å². The summed E-state index contributed by atoms with van der Waals surface area (Å²) in [6, 6.07) is 2.31. The van der Waals surface area contributed by atoms with Crippen LogP contribution in [-0.2, 0) is 12.8 Å². The second-order valence-corrected chi connectivity index (χ2v) is 5.39. The van der Waals surface area contributed by atoms with Gasteiger partial charge in [-0.15, -0.1) is 5.10 Å². The predicted octanol–water partition coefficient (Wildman–Crippen LogP) is 2.30. The zero-order valence-corrected chi connectivity index (χ0v) is 11.4. The Morgan fingerprint density at radius 2 is 2.41 bits per heavy atom. The molecule has 17 heavy (non-hydrogen) atoms. The third-order valence-electron chi connectivity index (χ3n) is 2.74. The molecule has 0 bridgehead atoms. The minimum Gasteiger partial charge on any atom is -0.271 e. The van der Waals surface area contributed by atoms with Gasteiger partial charge in [0.2, 0.25) is 0 Å². The average Bonchev–Trinajstić information content (AvgIpc) is 3.00. The van der Waals surface area contributed by atoms with E-state index in [0.29, 0.717) is 0 Å². The van der Waals surface area contributed by atoms with Gasteiger partial charge in [0.25, 0.3) is 0 Å². The first-order valence-electron chi connectivity index (χ1n) is 5.63. The van der Waals surface area contributed by atoms with Gasteiger partial charge in [-0.3, -0.25) is 11.3 Å². The lowest BCUT2D eigenvalue weighted by molar-refractivity contribution is 0.520. The summed E-state index contributed by atoms with van der Waals surface area (Å²) in [7, 11) is 0. The van der Waals surface area contributed by atoms with E-state index < -0.39 is 0 Å². The number of hydrogen-bond acceptors (Lipinski definition) is 6. The molecule has 4 nitrogen and oxygen atoms in total. The highest BCUT2D eigenvalue weighted by Gasteiger charge is 2.17. The molecule has 0 spiro atoms. The lowest BCUT2D eigenvalue weighted by Gasteiger charge is -2.14. The summed E-state index contributed by atoms with van der Waals surface area (Å²) < 4.78 is 4.00. The molecule has 0 amide bonds. The lowest BCUT2D eigenvalue weighted by atomic mass is 10.1. The fourth-order valence-electron chi connectivity index (χ4n) is 1.76. The van der Waals surface area contributed by atoms with Crippen LogP contribution in [0, 0.1) is 0 Å². The van der Waals surface area contributed by atoms with Crippen LogP contribution in [0.2, 0.25) is 0 Å². The first-order chi connectivity index (χ1) is 8.35. The van der Waals surface area contributed by atoms with Gasteiger partial charge in [0.05, 0.1) is 16.6 Å². The number of nitrogens with zero attached hydrogens (tertiary/aromatic N) is 2. The number of hydrogen-bond donors (Lipinski definition) is 2. The maximum atomic E-state index is 5.63. The number of nitrogens with two attached hydrogens (primary N) is 1. The van der Waals surface area contributed by atoms with Crippen LogP contribution in [0.3, 0.4) is 0 Å². The summed E-state index contributed by atoms with van der Waals surface area (Å²) in [6.07, 6.45) is 2.91.